The molecule has 0 saturated carbocycles. The zero-order valence-electron chi connectivity index (χ0n) is 12.8. The van der Waals surface area contributed by atoms with E-state index in [0.717, 1.165) is 10.0 Å². The number of hydrogen-bond donors (Lipinski definition) is 1. The molecule has 0 bridgehead atoms. The minimum absolute atomic E-state index is 0.274. The molecule has 0 aliphatic heterocycles. The van der Waals surface area contributed by atoms with E-state index >= 15 is 0 Å². The Morgan fingerprint density at radius 3 is 2.61 bits per heavy atom. The van der Waals surface area contributed by atoms with Gasteiger partial charge in [0.25, 0.3) is 5.91 Å². The van der Waals surface area contributed by atoms with Crippen molar-refractivity contribution in [3.63, 3.8) is 0 Å². The summed E-state index contributed by atoms with van der Waals surface area (Å²) in [7, 11) is 1.59. The summed E-state index contributed by atoms with van der Waals surface area (Å²) in [5.74, 6) is 0.413. The highest BCUT2D eigenvalue weighted by molar-refractivity contribution is 9.10. The number of carbonyl (C=O) groups excluding carboxylic acids is 1. The Bertz CT molecular complexity index is 686. The maximum atomic E-state index is 12.0. The second-order valence-electron chi connectivity index (χ2n) is 4.72. The van der Waals surface area contributed by atoms with Crippen LogP contribution in [0, 0.1) is 0 Å². The van der Waals surface area contributed by atoms with Crippen molar-refractivity contribution < 1.29 is 14.4 Å². The molecule has 0 aliphatic carbocycles. The third-order valence-electron chi connectivity index (χ3n) is 3.03. The first-order valence-corrected chi connectivity index (χ1v) is 7.78. The summed E-state index contributed by atoms with van der Waals surface area (Å²) < 4.78 is 6.15. The highest BCUT2D eigenvalue weighted by Gasteiger charge is 2.14. The molecule has 0 fully saturated rings. The summed E-state index contributed by atoms with van der Waals surface area (Å²) in [6, 6.07) is 14.7. The maximum Gasteiger partial charge on any atom is 0.267 e. The van der Waals surface area contributed by atoms with Gasteiger partial charge in [0.15, 0.2) is 0 Å². The predicted octanol–water partition coefficient (Wildman–Crippen LogP) is 3.84. The fourth-order valence-corrected chi connectivity index (χ4v) is 2.04. The van der Waals surface area contributed by atoms with Crippen LogP contribution in [0.1, 0.15) is 12.5 Å². The predicted molar refractivity (Wildman–Crippen MR) is 93.9 cm³/mol. The van der Waals surface area contributed by atoms with Crippen molar-refractivity contribution in [3.8, 4) is 5.75 Å². The molecule has 0 unspecified atom stereocenters. The van der Waals surface area contributed by atoms with Gasteiger partial charge >= 0.3 is 0 Å². The van der Waals surface area contributed by atoms with Gasteiger partial charge in [0.05, 0.1) is 13.3 Å². The molecule has 0 heterocycles. The van der Waals surface area contributed by atoms with Gasteiger partial charge in [-0.25, -0.2) is 0 Å². The summed E-state index contributed by atoms with van der Waals surface area (Å²) >= 11 is 3.34. The number of amides is 1. The van der Waals surface area contributed by atoms with Crippen LogP contribution < -0.4 is 10.1 Å². The maximum absolute atomic E-state index is 12.0. The molecule has 23 heavy (non-hydrogen) atoms. The topological polar surface area (TPSA) is 59.9 Å². The molecule has 1 amide bonds. The Kier molecular flexibility index (Phi) is 6.17. The Morgan fingerprint density at radius 2 is 1.91 bits per heavy atom. The number of rotatable bonds is 6. The van der Waals surface area contributed by atoms with Crippen LogP contribution in [-0.4, -0.2) is 25.3 Å². The normalized spacial score (nSPS) is 12.0. The first kappa shape index (κ1) is 17.0. The second-order valence-corrected chi connectivity index (χ2v) is 5.64. The molecule has 2 aromatic rings. The minimum Gasteiger partial charge on any atom is -0.496 e. The summed E-state index contributed by atoms with van der Waals surface area (Å²) in [6.07, 6.45) is 0.798. The molecule has 0 radical (unpaired) electrons. The second kappa shape index (κ2) is 8.33. The molecule has 0 aromatic heterocycles. The fourth-order valence-electron chi connectivity index (χ4n) is 1.78. The van der Waals surface area contributed by atoms with Crippen molar-refractivity contribution in [2.75, 3.05) is 12.4 Å². The van der Waals surface area contributed by atoms with E-state index in [9.17, 15) is 4.79 Å². The average molecular weight is 377 g/mol. The van der Waals surface area contributed by atoms with E-state index in [1.165, 1.54) is 6.21 Å². The molecule has 5 nitrogen and oxygen atoms in total. The molecule has 6 heteroatoms. The zero-order valence-corrected chi connectivity index (χ0v) is 14.4. The Labute approximate surface area is 143 Å². The van der Waals surface area contributed by atoms with E-state index in [4.69, 9.17) is 9.57 Å². The Balaban J connectivity index is 1.90. The first-order valence-electron chi connectivity index (χ1n) is 6.99. The summed E-state index contributed by atoms with van der Waals surface area (Å²) in [4.78, 5) is 17.2. The quantitative estimate of drug-likeness (QED) is 0.615. The van der Waals surface area contributed by atoms with Gasteiger partial charge in [-0.3, -0.25) is 4.79 Å². The fraction of sp³-hybridized carbons (Fsp3) is 0.176. The van der Waals surface area contributed by atoms with Crippen LogP contribution in [0.15, 0.2) is 58.2 Å². The van der Waals surface area contributed by atoms with Crippen LogP contribution in [-0.2, 0) is 9.63 Å². The molecule has 1 atom stereocenters. The van der Waals surface area contributed by atoms with Gasteiger partial charge in [0.2, 0.25) is 6.10 Å². The van der Waals surface area contributed by atoms with Crippen molar-refractivity contribution in [1.29, 1.82) is 0 Å². The number of anilines is 1. The molecular formula is C17H17BrN2O3. The van der Waals surface area contributed by atoms with E-state index in [1.807, 2.05) is 36.4 Å². The number of halogens is 1. The number of methoxy groups -OCH3 is 1. The van der Waals surface area contributed by atoms with Crippen LogP contribution >= 0.6 is 15.9 Å². The zero-order chi connectivity index (χ0) is 16.7. The lowest BCUT2D eigenvalue weighted by Crippen LogP contribution is -2.26. The van der Waals surface area contributed by atoms with E-state index in [2.05, 4.69) is 26.4 Å². The highest BCUT2D eigenvalue weighted by atomic mass is 79.9. The van der Waals surface area contributed by atoms with Gasteiger partial charge in [-0.05, 0) is 43.3 Å². The van der Waals surface area contributed by atoms with Gasteiger partial charge in [-0.1, -0.05) is 33.2 Å². The third-order valence-corrected chi connectivity index (χ3v) is 3.56. The first-order chi connectivity index (χ1) is 11.1. The van der Waals surface area contributed by atoms with Crippen LogP contribution in [0.2, 0.25) is 0 Å². The lowest BCUT2D eigenvalue weighted by molar-refractivity contribution is -0.126. The lowest BCUT2D eigenvalue weighted by atomic mass is 10.2. The SMILES string of the molecule is COc1ccccc1/C=N\O[C@@H](C)C(=O)Nc1ccc(Br)cc1. The molecule has 0 spiro atoms. The van der Waals surface area contributed by atoms with Crippen molar-refractivity contribution in [2.24, 2.45) is 5.16 Å². The molecule has 0 aliphatic rings. The Hall–Kier alpha value is -2.34. The molecule has 2 rings (SSSR count). The highest BCUT2D eigenvalue weighted by Crippen LogP contribution is 2.16. The van der Waals surface area contributed by atoms with Crippen LogP contribution in [0.25, 0.3) is 0 Å². The summed E-state index contributed by atoms with van der Waals surface area (Å²) in [6.45, 7) is 1.63. The van der Waals surface area contributed by atoms with E-state index < -0.39 is 6.10 Å². The average Bonchev–Trinajstić information content (AvgIpc) is 2.57. The Morgan fingerprint density at radius 1 is 1.22 bits per heavy atom. The third kappa shape index (κ3) is 5.10. The van der Waals surface area contributed by atoms with Gasteiger partial charge < -0.3 is 14.9 Å². The van der Waals surface area contributed by atoms with Gasteiger partial charge in [-0.15, -0.1) is 0 Å². The summed E-state index contributed by atoms with van der Waals surface area (Å²) in [5.41, 5.74) is 1.47. The van der Waals surface area contributed by atoms with Crippen LogP contribution in [0.5, 0.6) is 5.75 Å². The van der Waals surface area contributed by atoms with E-state index in [0.29, 0.717) is 11.4 Å². The van der Waals surface area contributed by atoms with Gasteiger partial charge in [0, 0.05) is 15.7 Å². The number of carbonyl (C=O) groups is 1. The molecule has 1 N–H and O–H groups in total. The number of oxime groups is 1. The molecular weight excluding hydrogens is 360 g/mol. The van der Waals surface area contributed by atoms with Crippen molar-refractivity contribution in [1.82, 2.24) is 0 Å². The summed E-state index contributed by atoms with van der Waals surface area (Å²) in [5, 5.41) is 6.61. The van der Waals surface area contributed by atoms with Crippen LogP contribution in [0.4, 0.5) is 5.69 Å². The number of hydrogen-bond acceptors (Lipinski definition) is 4. The standard InChI is InChI=1S/C17H17BrN2O3/c1-12(17(21)20-15-9-7-14(18)8-10-15)23-19-11-13-5-3-4-6-16(13)22-2/h3-12H,1-2H3,(H,20,21)/b19-11-/t12-/m0/s1. The number of para-hydroxylation sites is 1. The van der Waals surface area contributed by atoms with Gasteiger partial charge in [0.1, 0.15) is 5.75 Å². The van der Waals surface area contributed by atoms with Crippen molar-refractivity contribution in [3.05, 3.63) is 58.6 Å². The molecule has 120 valence electrons. The lowest BCUT2D eigenvalue weighted by Gasteiger charge is -2.10. The van der Waals surface area contributed by atoms with Crippen molar-refractivity contribution >= 4 is 33.7 Å². The van der Waals surface area contributed by atoms with Crippen LogP contribution in [0.3, 0.4) is 0 Å². The number of nitrogens with zero attached hydrogens (tertiary/aromatic N) is 1. The number of nitrogens with one attached hydrogen (secondary N) is 1. The van der Waals surface area contributed by atoms with Crippen molar-refractivity contribution in [2.45, 2.75) is 13.0 Å². The van der Waals surface area contributed by atoms with E-state index in [-0.39, 0.29) is 5.91 Å². The van der Waals surface area contributed by atoms with Gasteiger partial charge in [-0.2, -0.15) is 0 Å². The largest absolute Gasteiger partial charge is 0.496 e. The smallest absolute Gasteiger partial charge is 0.267 e. The minimum atomic E-state index is -0.718. The number of ether oxygens (including phenoxy) is 1. The monoisotopic (exact) mass is 376 g/mol. The molecule has 2 aromatic carbocycles. The number of benzene rings is 2. The van der Waals surface area contributed by atoms with E-state index in [1.54, 1.807) is 26.2 Å². The molecule has 0 saturated heterocycles.